The fraction of sp³-hybridized carbons (Fsp3) is 0.538. The lowest BCUT2D eigenvalue weighted by Gasteiger charge is -2.21. The number of aliphatic carboxylic acids is 3. The minimum absolute atomic E-state index is 0.453. The Bertz CT molecular complexity index is 592. The van der Waals surface area contributed by atoms with Crippen LogP contribution in [-0.4, -0.2) is 69.1 Å². The second-order valence-corrected chi connectivity index (χ2v) is 5.27. The van der Waals surface area contributed by atoms with E-state index in [1.54, 1.807) is 0 Å². The zero-order valence-electron chi connectivity index (χ0n) is 13.5. The first kappa shape index (κ1) is 22.8. The maximum absolute atomic E-state index is 12.1. The molecule has 0 aliphatic carbocycles. The summed E-state index contributed by atoms with van der Waals surface area (Å²) in [5, 5.41) is 30.3. The first-order valence-electron chi connectivity index (χ1n) is 7.25. The van der Waals surface area contributed by atoms with Crippen LogP contribution in [0.25, 0.3) is 0 Å². The highest BCUT2D eigenvalue weighted by molar-refractivity contribution is 5.95. The molecule has 0 bridgehead atoms. The standard InChI is InChI=1S/C13H20N4O9/c14-5(3-8(15)18)11(23)17-7(4-10(21)22)12(24)16-6(13(25)26)1-2-9(19)20/h5-7H,1-4,14H2,(H2,15,18)(H,16,24)(H,17,23)(H,19,20)(H,21,22)(H,25,26). The number of primary amides is 1. The summed E-state index contributed by atoms with van der Waals surface area (Å²) in [6.45, 7) is 0. The van der Waals surface area contributed by atoms with E-state index in [-0.39, 0.29) is 0 Å². The summed E-state index contributed by atoms with van der Waals surface area (Å²) in [5.74, 6) is -7.41. The molecule has 3 amide bonds. The van der Waals surface area contributed by atoms with Crippen molar-refractivity contribution in [2.45, 2.75) is 43.8 Å². The minimum Gasteiger partial charge on any atom is -0.481 e. The molecule has 9 N–H and O–H groups in total. The number of carbonyl (C=O) groups excluding carboxylic acids is 3. The predicted molar refractivity (Wildman–Crippen MR) is 82.4 cm³/mol. The molecule has 0 fully saturated rings. The van der Waals surface area contributed by atoms with Crippen LogP contribution in [0.1, 0.15) is 25.7 Å². The van der Waals surface area contributed by atoms with Crippen LogP contribution in [0.5, 0.6) is 0 Å². The smallest absolute Gasteiger partial charge is 0.326 e. The van der Waals surface area contributed by atoms with Crippen molar-refractivity contribution < 1.29 is 44.1 Å². The molecule has 0 saturated carbocycles. The normalized spacial score (nSPS) is 13.7. The summed E-state index contributed by atoms with van der Waals surface area (Å²) in [6.07, 6.45) is -2.46. The van der Waals surface area contributed by atoms with Gasteiger partial charge in [-0.05, 0) is 6.42 Å². The molecule has 0 spiro atoms. The maximum Gasteiger partial charge on any atom is 0.326 e. The molecule has 0 aromatic carbocycles. The summed E-state index contributed by atoms with van der Waals surface area (Å²) in [5.41, 5.74) is 10.3. The number of hydrogen-bond acceptors (Lipinski definition) is 7. The van der Waals surface area contributed by atoms with Gasteiger partial charge in [0.25, 0.3) is 0 Å². The molecule has 146 valence electrons. The Hall–Kier alpha value is -3.22. The summed E-state index contributed by atoms with van der Waals surface area (Å²) in [6, 6.07) is -4.73. The third-order valence-electron chi connectivity index (χ3n) is 3.03. The molecule has 13 nitrogen and oxygen atoms in total. The molecule has 0 aromatic heterocycles. The first-order valence-corrected chi connectivity index (χ1v) is 7.25. The third kappa shape index (κ3) is 9.17. The second-order valence-electron chi connectivity index (χ2n) is 5.27. The zero-order chi connectivity index (χ0) is 20.4. The van der Waals surface area contributed by atoms with Gasteiger partial charge in [0, 0.05) is 6.42 Å². The second kappa shape index (κ2) is 10.6. The number of carboxylic acids is 3. The van der Waals surface area contributed by atoms with Crippen LogP contribution in [0.2, 0.25) is 0 Å². The molecular formula is C13H20N4O9. The lowest BCUT2D eigenvalue weighted by Crippen LogP contribution is -2.55. The molecule has 0 rings (SSSR count). The van der Waals surface area contributed by atoms with E-state index in [9.17, 15) is 28.8 Å². The lowest BCUT2D eigenvalue weighted by molar-refractivity contribution is -0.144. The van der Waals surface area contributed by atoms with Gasteiger partial charge in [0.2, 0.25) is 17.7 Å². The van der Waals surface area contributed by atoms with Crippen LogP contribution < -0.4 is 22.1 Å². The fourth-order valence-corrected chi connectivity index (χ4v) is 1.77. The monoisotopic (exact) mass is 376 g/mol. The highest BCUT2D eigenvalue weighted by Crippen LogP contribution is 2.02. The van der Waals surface area contributed by atoms with Gasteiger partial charge in [-0.3, -0.25) is 24.0 Å². The molecule has 13 heteroatoms. The lowest BCUT2D eigenvalue weighted by atomic mass is 10.1. The van der Waals surface area contributed by atoms with E-state index in [1.807, 2.05) is 10.6 Å². The van der Waals surface area contributed by atoms with Gasteiger partial charge in [-0.15, -0.1) is 0 Å². The SMILES string of the molecule is NC(=O)CC(N)C(=O)NC(CC(=O)O)C(=O)NC(CCC(=O)O)C(=O)O. The Kier molecular flexibility index (Phi) is 9.29. The summed E-state index contributed by atoms with van der Waals surface area (Å²) in [4.78, 5) is 67.0. The quantitative estimate of drug-likeness (QED) is 0.178. The van der Waals surface area contributed by atoms with Crippen LogP contribution in [0.15, 0.2) is 0 Å². The topological polar surface area (TPSA) is 239 Å². The van der Waals surface area contributed by atoms with Gasteiger partial charge in [0.15, 0.2) is 0 Å². The van der Waals surface area contributed by atoms with Crippen molar-refractivity contribution in [2.24, 2.45) is 11.5 Å². The van der Waals surface area contributed by atoms with Crippen molar-refractivity contribution in [3.05, 3.63) is 0 Å². The molecule has 0 aliphatic rings. The Morgan fingerprint density at radius 1 is 0.808 bits per heavy atom. The third-order valence-corrected chi connectivity index (χ3v) is 3.03. The van der Waals surface area contributed by atoms with Gasteiger partial charge >= 0.3 is 17.9 Å². The van der Waals surface area contributed by atoms with Crippen molar-refractivity contribution in [1.82, 2.24) is 10.6 Å². The Balaban J connectivity index is 5.08. The van der Waals surface area contributed by atoms with Crippen molar-refractivity contribution in [3.8, 4) is 0 Å². The molecule has 0 radical (unpaired) electrons. The van der Waals surface area contributed by atoms with E-state index in [1.165, 1.54) is 0 Å². The number of amides is 3. The highest BCUT2D eigenvalue weighted by atomic mass is 16.4. The number of hydrogen-bond donors (Lipinski definition) is 7. The molecule has 0 aromatic rings. The molecular weight excluding hydrogens is 356 g/mol. The average Bonchev–Trinajstić information content (AvgIpc) is 2.48. The van der Waals surface area contributed by atoms with E-state index < -0.39 is 79.4 Å². The molecule has 26 heavy (non-hydrogen) atoms. The van der Waals surface area contributed by atoms with Crippen molar-refractivity contribution in [2.75, 3.05) is 0 Å². The van der Waals surface area contributed by atoms with Gasteiger partial charge in [0.1, 0.15) is 12.1 Å². The summed E-state index contributed by atoms with van der Waals surface area (Å²) >= 11 is 0. The fourth-order valence-electron chi connectivity index (χ4n) is 1.77. The van der Waals surface area contributed by atoms with E-state index >= 15 is 0 Å². The Labute approximate surface area is 146 Å². The van der Waals surface area contributed by atoms with Crippen molar-refractivity contribution in [1.29, 1.82) is 0 Å². The van der Waals surface area contributed by atoms with Crippen LogP contribution in [0.4, 0.5) is 0 Å². The largest absolute Gasteiger partial charge is 0.481 e. The molecule has 0 heterocycles. The highest BCUT2D eigenvalue weighted by Gasteiger charge is 2.30. The number of carboxylic acid groups (broad SMARTS) is 3. The van der Waals surface area contributed by atoms with E-state index in [0.29, 0.717) is 0 Å². The van der Waals surface area contributed by atoms with Crippen molar-refractivity contribution >= 4 is 35.6 Å². The van der Waals surface area contributed by atoms with Gasteiger partial charge in [-0.1, -0.05) is 0 Å². The van der Waals surface area contributed by atoms with Gasteiger partial charge in [-0.25, -0.2) is 4.79 Å². The minimum atomic E-state index is -1.69. The van der Waals surface area contributed by atoms with Crippen molar-refractivity contribution in [3.63, 3.8) is 0 Å². The van der Waals surface area contributed by atoms with E-state index in [2.05, 4.69) is 0 Å². The average molecular weight is 376 g/mol. The molecule has 0 saturated heterocycles. The summed E-state index contributed by atoms with van der Waals surface area (Å²) < 4.78 is 0. The Morgan fingerprint density at radius 3 is 1.77 bits per heavy atom. The number of rotatable bonds is 12. The van der Waals surface area contributed by atoms with Crippen LogP contribution in [0.3, 0.4) is 0 Å². The summed E-state index contributed by atoms with van der Waals surface area (Å²) in [7, 11) is 0. The molecule has 3 atom stereocenters. The van der Waals surface area contributed by atoms with Gasteiger partial charge in [0.05, 0.1) is 18.9 Å². The van der Waals surface area contributed by atoms with E-state index in [4.69, 9.17) is 26.8 Å². The Morgan fingerprint density at radius 2 is 1.35 bits per heavy atom. The number of nitrogens with two attached hydrogens (primary N) is 2. The predicted octanol–water partition coefficient (Wildman–Crippen LogP) is -3.42. The number of carbonyl (C=O) groups is 6. The maximum atomic E-state index is 12.1. The van der Waals surface area contributed by atoms with Crippen LogP contribution in [0, 0.1) is 0 Å². The van der Waals surface area contributed by atoms with Crippen LogP contribution >= 0.6 is 0 Å². The first-order chi connectivity index (χ1) is 11.9. The van der Waals surface area contributed by atoms with Gasteiger partial charge < -0.3 is 37.4 Å². The molecule has 0 aliphatic heterocycles. The van der Waals surface area contributed by atoms with Gasteiger partial charge in [-0.2, -0.15) is 0 Å². The van der Waals surface area contributed by atoms with E-state index in [0.717, 1.165) is 0 Å². The zero-order valence-corrected chi connectivity index (χ0v) is 13.5. The van der Waals surface area contributed by atoms with Crippen LogP contribution in [-0.2, 0) is 28.8 Å². The molecule has 3 unspecified atom stereocenters. The number of nitrogens with one attached hydrogen (secondary N) is 2.